The predicted octanol–water partition coefficient (Wildman–Crippen LogP) is 2.37. The van der Waals surface area contributed by atoms with Crippen LogP contribution in [-0.2, 0) is 9.59 Å². The third-order valence-electron chi connectivity index (χ3n) is 3.86. The number of amides is 4. The van der Waals surface area contributed by atoms with Crippen molar-refractivity contribution in [2.45, 2.75) is 0 Å². The lowest BCUT2D eigenvalue weighted by Crippen LogP contribution is -2.54. The SMILES string of the molecule is COc1ccc(C=C2C(=O)NC(=O)N(c3ccccc3)C2=O)c(OC)c1. The summed E-state index contributed by atoms with van der Waals surface area (Å²) in [4.78, 5) is 38.0. The van der Waals surface area contributed by atoms with Gasteiger partial charge in [0.1, 0.15) is 17.1 Å². The van der Waals surface area contributed by atoms with Crippen LogP contribution in [-0.4, -0.2) is 32.1 Å². The third kappa shape index (κ3) is 3.14. The van der Waals surface area contributed by atoms with Gasteiger partial charge in [-0.15, -0.1) is 0 Å². The Morgan fingerprint density at radius 1 is 0.962 bits per heavy atom. The molecule has 0 bridgehead atoms. The molecule has 2 aromatic carbocycles. The fourth-order valence-corrected chi connectivity index (χ4v) is 2.56. The van der Waals surface area contributed by atoms with Gasteiger partial charge in [-0.1, -0.05) is 18.2 Å². The number of rotatable bonds is 4. The summed E-state index contributed by atoms with van der Waals surface area (Å²) in [6.07, 6.45) is 1.39. The summed E-state index contributed by atoms with van der Waals surface area (Å²) in [5.41, 5.74) is 0.709. The first-order chi connectivity index (χ1) is 12.5. The highest BCUT2D eigenvalue weighted by molar-refractivity contribution is 6.39. The maximum absolute atomic E-state index is 12.8. The number of hydrogen-bond acceptors (Lipinski definition) is 5. The van der Waals surface area contributed by atoms with E-state index in [0.717, 1.165) is 4.90 Å². The largest absolute Gasteiger partial charge is 0.497 e. The van der Waals surface area contributed by atoms with Crippen LogP contribution in [0.2, 0.25) is 0 Å². The zero-order valence-electron chi connectivity index (χ0n) is 14.2. The molecule has 26 heavy (non-hydrogen) atoms. The van der Waals surface area contributed by atoms with Gasteiger partial charge in [0.15, 0.2) is 0 Å². The quantitative estimate of drug-likeness (QED) is 0.674. The molecule has 0 radical (unpaired) electrons. The Morgan fingerprint density at radius 3 is 2.35 bits per heavy atom. The molecule has 0 saturated carbocycles. The third-order valence-corrected chi connectivity index (χ3v) is 3.86. The van der Waals surface area contributed by atoms with Crippen LogP contribution in [0.5, 0.6) is 11.5 Å². The first-order valence-corrected chi connectivity index (χ1v) is 7.73. The predicted molar refractivity (Wildman–Crippen MR) is 95.0 cm³/mol. The topological polar surface area (TPSA) is 84.9 Å². The first kappa shape index (κ1) is 17.2. The van der Waals surface area contributed by atoms with Crippen LogP contribution >= 0.6 is 0 Å². The fourth-order valence-electron chi connectivity index (χ4n) is 2.56. The molecule has 7 nitrogen and oxygen atoms in total. The average molecular weight is 352 g/mol. The Morgan fingerprint density at radius 2 is 1.69 bits per heavy atom. The summed E-state index contributed by atoms with van der Waals surface area (Å²) in [5.74, 6) is -0.460. The van der Waals surface area contributed by atoms with E-state index in [9.17, 15) is 14.4 Å². The summed E-state index contributed by atoms with van der Waals surface area (Å²) in [6, 6.07) is 12.6. The van der Waals surface area contributed by atoms with Gasteiger partial charge in [-0.05, 0) is 30.3 Å². The molecule has 1 heterocycles. The van der Waals surface area contributed by atoms with Gasteiger partial charge in [0, 0.05) is 11.6 Å². The number of anilines is 1. The average Bonchev–Trinajstić information content (AvgIpc) is 2.65. The van der Waals surface area contributed by atoms with E-state index in [-0.39, 0.29) is 5.57 Å². The lowest BCUT2D eigenvalue weighted by molar-refractivity contribution is -0.122. The molecule has 2 aromatic rings. The molecule has 4 amide bonds. The summed E-state index contributed by atoms with van der Waals surface area (Å²) < 4.78 is 10.4. The molecule has 0 spiro atoms. The summed E-state index contributed by atoms with van der Waals surface area (Å²) >= 11 is 0. The molecule has 1 saturated heterocycles. The molecule has 1 aliphatic rings. The molecule has 3 rings (SSSR count). The van der Waals surface area contributed by atoms with E-state index in [1.807, 2.05) is 0 Å². The molecule has 0 aromatic heterocycles. The zero-order chi connectivity index (χ0) is 18.7. The summed E-state index contributed by atoms with van der Waals surface area (Å²) in [7, 11) is 2.99. The van der Waals surface area contributed by atoms with Gasteiger partial charge in [0.05, 0.1) is 19.9 Å². The molecule has 1 fully saturated rings. The Balaban J connectivity index is 2.04. The summed E-state index contributed by atoms with van der Waals surface area (Å²) in [5, 5.41) is 2.18. The number of methoxy groups -OCH3 is 2. The number of barbiturate groups is 1. The van der Waals surface area contributed by atoms with Crippen molar-refractivity contribution in [3.8, 4) is 11.5 Å². The molecule has 0 atom stereocenters. The Hall–Kier alpha value is -3.61. The standard InChI is InChI=1S/C19H16N2O5/c1-25-14-9-8-12(16(11-14)26-2)10-15-17(22)20-19(24)21(18(15)23)13-6-4-3-5-7-13/h3-11H,1-2H3,(H,20,22,24). The van der Waals surface area contributed by atoms with Gasteiger partial charge in [-0.25, -0.2) is 9.69 Å². The van der Waals surface area contributed by atoms with E-state index in [4.69, 9.17) is 9.47 Å². The van der Waals surface area contributed by atoms with E-state index in [2.05, 4.69) is 5.32 Å². The molecular formula is C19H16N2O5. The highest BCUT2D eigenvalue weighted by Gasteiger charge is 2.36. The second kappa shape index (κ2) is 7.10. The number of benzene rings is 2. The molecule has 0 unspecified atom stereocenters. The van der Waals surface area contributed by atoms with Gasteiger partial charge in [-0.3, -0.25) is 14.9 Å². The van der Waals surface area contributed by atoms with Crippen LogP contribution in [0, 0.1) is 0 Å². The number of urea groups is 1. The van der Waals surface area contributed by atoms with Crippen molar-refractivity contribution in [1.82, 2.24) is 5.32 Å². The lowest BCUT2D eigenvalue weighted by Gasteiger charge is -2.26. The highest BCUT2D eigenvalue weighted by Crippen LogP contribution is 2.28. The van der Waals surface area contributed by atoms with Crippen molar-refractivity contribution in [1.29, 1.82) is 0 Å². The zero-order valence-corrected chi connectivity index (χ0v) is 14.2. The fraction of sp³-hybridized carbons (Fsp3) is 0.105. The molecular weight excluding hydrogens is 336 g/mol. The number of imide groups is 2. The maximum atomic E-state index is 12.8. The van der Waals surface area contributed by atoms with Crippen LogP contribution in [0.4, 0.5) is 10.5 Å². The highest BCUT2D eigenvalue weighted by atomic mass is 16.5. The number of para-hydroxylation sites is 1. The van der Waals surface area contributed by atoms with Crippen LogP contribution < -0.4 is 19.7 Å². The Bertz CT molecular complexity index is 905. The van der Waals surface area contributed by atoms with E-state index < -0.39 is 17.8 Å². The van der Waals surface area contributed by atoms with Gasteiger partial charge in [0.2, 0.25) is 0 Å². The van der Waals surface area contributed by atoms with Crippen molar-refractivity contribution < 1.29 is 23.9 Å². The van der Waals surface area contributed by atoms with E-state index in [1.54, 1.807) is 48.5 Å². The monoisotopic (exact) mass is 352 g/mol. The van der Waals surface area contributed by atoms with Gasteiger partial charge >= 0.3 is 6.03 Å². The van der Waals surface area contributed by atoms with Crippen LogP contribution in [0.1, 0.15) is 5.56 Å². The molecule has 1 aliphatic heterocycles. The first-order valence-electron chi connectivity index (χ1n) is 7.73. The van der Waals surface area contributed by atoms with Gasteiger partial charge in [-0.2, -0.15) is 0 Å². The second-order valence-electron chi connectivity index (χ2n) is 5.40. The normalized spacial score (nSPS) is 15.8. The molecule has 132 valence electrons. The van der Waals surface area contributed by atoms with Crippen molar-refractivity contribution in [3.05, 3.63) is 59.7 Å². The van der Waals surface area contributed by atoms with Crippen LogP contribution in [0.3, 0.4) is 0 Å². The second-order valence-corrected chi connectivity index (χ2v) is 5.40. The minimum atomic E-state index is -0.787. The lowest BCUT2D eigenvalue weighted by atomic mass is 10.1. The minimum Gasteiger partial charge on any atom is -0.497 e. The number of nitrogens with one attached hydrogen (secondary N) is 1. The van der Waals surface area contributed by atoms with Gasteiger partial charge in [0.25, 0.3) is 11.8 Å². The van der Waals surface area contributed by atoms with E-state index >= 15 is 0 Å². The molecule has 7 heteroatoms. The number of nitrogens with zero attached hydrogens (tertiary/aromatic N) is 1. The Labute approximate surface area is 149 Å². The molecule has 0 aliphatic carbocycles. The molecule has 1 N–H and O–H groups in total. The number of hydrogen-bond donors (Lipinski definition) is 1. The van der Waals surface area contributed by atoms with Gasteiger partial charge < -0.3 is 9.47 Å². The van der Waals surface area contributed by atoms with E-state index in [1.165, 1.54) is 20.3 Å². The van der Waals surface area contributed by atoms with Crippen LogP contribution in [0.25, 0.3) is 6.08 Å². The van der Waals surface area contributed by atoms with Crippen molar-refractivity contribution in [2.24, 2.45) is 0 Å². The number of ether oxygens (including phenoxy) is 2. The van der Waals surface area contributed by atoms with Crippen molar-refractivity contribution >= 4 is 29.6 Å². The van der Waals surface area contributed by atoms with Crippen molar-refractivity contribution in [3.63, 3.8) is 0 Å². The number of carbonyl (C=O) groups is 3. The van der Waals surface area contributed by atoms with Crippen molar-refractivity contribution in [2.75, 3.05) is 19.1 Å². The smallest absolute Gasteiger partial charge is 0.335 e. The number of carbonyl (C=O) groups excluding carboxylic acids is 3. The minimum absolute atomic E-state index is 0.170. The van der Waals surface area contributed by atoms with E-state index in [0.29, 0.717) is 22.7 Å². The Kier molecular flexibility index (Phi) is 4.70. The maximum Gasteiger partial charge on any atom is 0.335 e. The van der Waals surface area contributed by atoms with Crippen LogP contribution in [0.15, 0.2) is 54.1 Å². The summed E-state index contributed by atoms with van der Waals surface area (Å²) in [6.45, 7) is 0.